The van der Waals surface area contributed by atoms with Crippen LogP contribution in [-0.2, 0) is 28.8 Å². The molecule has 0 aliphatic rings. The average Bonchev–Trinajstić information content (AvgIpc) is 1.33. The van der Waals surface area contributed by atoms with Crippen LogP contribution in [0.3, 0.4) is 0 Å². The van der Waals surface area contributed by atoms with Crippen LogP contribution in [0.15, 0.2) is 220 Å². The van der Waals surface area contributed by atoms with Crippen LogP contribution in [0.2, 0.25) is 0 Å². The normalized spacial score (nSPS) is 10.8. The predicted molar refractivity (Wildman–Crippen MR) is 409 cm³/mol. The van der Waals surface area contributed by atoms with Gasteiger partial charge in [-0.2, -0.15) is 0 Å². The minimum absolute atomic E-state index is 0.0787. The first-order valence-corrected chi connectivity index (χ1v) is 32.6. The fourth-order valence-electron chi connectivity index (χ4n) is 8.31. The van der Waals surface area contributed by atoms with Crippen molar-refractivity contribution in [3.8, 4) is 0 Å². The van der Waals surface area contributed by atoms with Gasteiger partial charge in [-0.15, -0.1) is 0 Å². The van der Waals surface area contributed by atoms with E-state index in [1.165, 1.54) is 40.5 Å². The fourth-order valence-corrected chi connectivity index (χ4v) is 8.31. The Labute approximate surface area is 576 Å². The zero-order valence-electron chi connectivity index (χ0n) is 60.6. The highest BCUT2D eigenvalue weighted by atomic mass is 16.2. The Morgan fingerprint density at radius 3 is 0.885 bits per heavy atom. The molecular weight excluding hydrogens is 1190 g/mol. The number of nitrogens with zero attached hydrogens (tertiary/aromatic N) is 3. The van der Waals surface area contributed by atoms with Crippen molar-refractivity contribution in [3.63, 3.8) is 0 Å². The lowest BCUT2D eigenvalue weighted by molar-refractivity contribution is -0.112. The summed E-state index contributed by atoms with van der Waals surface area (Å²) < 4.78 is 0. The second-order valence-electron chi connectivity index (χ2n) is 25.1. The molecule has 6 amide bonds. The van der Waals surface area contributed by atoms with Crippen LogP contribution in [0.25, 0.3) is 0 Å². The molecule has 516 valence electrons. The summed E-state index contributed by atoms with van der Waals surface area (Å²) in [6.07, 6.45) is 14.1. The Morgan fingerprint density at radius 2 is 0.583 bits per heavy atom. The lowest BCUT2D eigenvalue weighted by Crippen LogP contribution is -2.13. The zero-order valence-corrected chi connectivity index (χ0v) is 60.6. The summed E-state index contributed by atoms with van der Waals surface area (Å²) in [5.41, 5.74) is 12.4. The smallest absolute Gasteiger partial charge is 0.248 e. The Bertz CT molecular complexity index is 3430. The highest BCUT2D eigenvalue weighted by molar-refractivity contribution is 6.02. The second-order valence-corrected chi connectivity index (χ2v) is 25.1. The SMILES string of the molecule is C=CC(=O)Nc1ccc(C(C)C)cc1.C=CC(=O)Nc1cccc(C(C)C)c1.C=CC(=O)Nc1ccccc1C(C)C.CC(C)c1ccc(NC(=O)/C=C/CN(C)C)cc1.CC(C)c1cccc(NC(=O)/C=C/CN(C)C)c1.CC(C)c1ccccc1NC(=O)/C=C/CN(C)C. The monoisotopic (exact) mass is 1310 g/mol. The summed E-state index contributed by atoms with van der Waals surface area (Å²) in [5, 5.41) is 16.8. The minimum atomic E-state index is -0.178. The summed E-state index contributed by atoms with van der Waals surface area (Å²) in [6.45, 7) is 38.0. The topological polar surface area (TPSA) is 184 Å². The third-order valence-corrected chi connectivity index (χ3v) is 13.8. The van der Waals surface area contributed by atoms with E-state index in [4.69, 9.17) is 0 Å². The van der Waals surface area contributed by atoms with E-state index < -0.39 is 0 Å². The Hall–Kier alpha value is -9.54. The van der Waals surface area contributed by atoms with Gasteiger partial charge in [-0.1, -0.05) is 206 Å². The van der Waals surface area contributed by atoms with Gasteiger partial charge in [0, 0.05) is 72.0 Å². The highest BCUT2D eigenvalue weighted by Crippen LogP contribution is 2.26. The molecule has 0 bridgehead atoms. The van der Waals surface area contributed by atoms with Gasteiger partial charge in [0.05, 0.1) is 0 Å². The first-order chi connectivity index (χ1) is 45.4. The maximum absolute atomic E-state index is 11.8. The Balaban J connectivity index is 0.000000578. The molecule has 0 unspecified atom stereocenters. The van der Waals surface area contributed by atoms with E-state index in [0.29, 0.717) is 35.5 Å². The number of carbonyl (C=O) groups is 6. The van der Waals surface area contributed by atoms with Crippen LogP contribution in [0.1, 0.15) is 152 Å². The van der Waals surface area contributed by atoms with Gasteiger partial charge in [0.1, 0.15) is 0 Å². The summed E-state index contributed by atoms with van der Waals surface area (Å²) in [7, 11) is 11.8. The Kier molecular flexibility index (Phi) is 41.7. The third-order valence-electron chi connectivity index (χ3n) is 13.8. The summed E-state index contributed by atoms with van der Waals surface area (Å²) in [6, 6.07) is 47.3. The van der Waals surface area contributed by atoms with Crippen molar-refractivity contribution < 1.29 is 28.8 Å². The number of anilines is 6. The van der Waals surface area contributed by atoms with Gasteiger partial charge in [-0.3, -0.25) is 28.8 Å². The summed E-state index contributed by atoms with van der Waals surface area (Å²) in [5.74, 6) is 1.97. The van der Waals surface area contributed by atoms with E-state index in [-0.39, 0.29) is 35.4 Å². The van der Waals surface area contributed by atoms with Crippen molar-refractivity contribution >= 4 is 69.6 Å². The molecule has 15 nitrogen and oxygen atoms in total. The maximum Gasteiger partial charge on any atom is 0.248 e. The van der Waals surface area contributed by atoms with E-state index in [1.807, 2.05) is 215 Å². The first kappa shape index (κ1) is 84.5. The van der Waals surface area contributed by atoms with Crippen molar-refractivity contribution in [2.75, 3.05) is 93.8 Å². The lowest BCUT2D eigenvalue weighted by Gasteiger charge is -2.12. The molecule has 0 aliphatic heterocycles. The standard InChI is InChI=1S/3C15H22N2O.3C12H15NO/c1-12(2)13-7-5-8-14(11-13)16-15(18)9-6-10-17(3)4;1-12(2)13-7-9-14(10-8-13)16-15(18)6-5-11-17(3)4;1-12(2)13-8-5-6-9-14(13)16-15(18)10-7-11-17(3)4;1-4-12(14)13-11-7-5-10(6-8-11)9(2)3;1-4-12(14)13-11-7-5-6-10(8-11)9(2)3;1-4-12(14)13-11-8-6-5-7-10(11)9(2)3/h5-9,11-12H,10H2,1-4H3,(H,16,18);2*5-10,12H,11H2,1-4H3,(H,16,18);3*4-9H,1H2,2-3H3,(H,13,14)/b9-6+;6-5+;10-7+;;;. The number of rotatable bonds is 24. The molecule has 6 aromatic rings. The first-order valence-electron chi connectivity index (χ1n) is 32.6. The molecule has 0 fully saturated rings. The summed E-state index contributed by atoms with van der Waals surface area (Å²) >= 11 is 0. The van der Waals surface area contributed by atoms with Crippen molar-refractivity contribution in [3.05, 3.63) is 253 Å². The largest absolute Gasteiger partial charge is 0.323 e. The van der Waals surface area contributed by atoms with Gasteiger partial charge in [0.25, 0.3) is 0 Å². The molecule has 0 heterocycles. The number of amides is 6. The zero-order chi connectivity index (χ0) is 72.3. The molecule has 0 aliphatic carbocycles. The molecule has 0 spiro atoms. The number of hydrogen-bond acceptors (Lipinski definition) is 9. The van der Waals surface area contributed by atoms with Crippen LogP contribution in [0.4, 0.5) is 34.1 Å². The quantitative estimate of drug-likeness (QED) is 0.0321. The average molecular weight is 1310 g/mol. The van der Waals surface area contributed by atoms with Crippen LogP contribution in [0, 0.1) is 0 Å². The number of nitrogens with one attached hydrogen (secondary N) is 6. The number of likely N-dealkylation sites (N-methyl/N-ethyl adjacent to an activating group) is 3. The van der Waals surface area contributed by atoms with Crippen LogP contribution in [0.5, 0.6) is 0 Å². The van der Waals surface area contributed by atoms with Crippen LogP contribution >= 0.6 is 0 Å². The van der Waals surface area contributed by atoms with Gasteiger partial charge in [0.2, 0.25) is 35.4 Å². The van der Waals surface area contributed by atoms with Crippen molar-refractivity contribution in [1.82, 2.24) is 14.7 Å². The van der Waals surface area contributed by atoms with E-state index in [0.717, 1.165) is 64.9 Å². The van der Waals surface area contributed by atoms with Crippen LogP contribution < -0.4 is 31.9 Å². The lowest BCUT2D eigenvalue weighted by atomic mass is 10.0. The Morgan fingerprint density at radius 1 is 0.312 bits per heavy atom. The molecule has 0 saturated carbocycles. The van der Waals surface area contributed by atoms with Crippen LogP contribution in [-0.4, -0.2) is 112 Å². The molecule has 6 N–H and O–H groups in total. The van der Waals surface area contributed by atoms with E-state index >= 15 is 0 Å². The third kappa shape index (κ3) is 38.0. The molecule has 6 aromatic carbocycles. The van der Waals surface area contributed by atoms with Gasteiger partial charge in [-0.25, -0.2) is 0 Å². The van der Waals surface area contributed by atoms with Crippen molar-refractivity contribution in [2.24, 2.45) is 0 Å². The van der Waals surface area contributed by atoms with Gasteiger partial charge in [-0.05, 0) is 190 Å². The molecule has 0 saturated heterocycles. The molecule has 15 heteroatoms. The maximum atomic E-state index is 11.8. The molecule has 6 rings (SSSR count). The minimum Gasteiger partial charge on any atom is -0.323 e. The number of benzene rings is 6. The summed E-state index contributed by atoms with van der Waals surface area (Å²) in [4.78, 5) is 74.1. The van der Waals surface area contributed by atoms with E-state index in [2.05, 4.69) is 141 Å². The van der Waals surface area contributed by atoms with Gasteiger partial charge < -0.3 is 46.6 Å². The number of carbonyl (C=O) groups excluding carboxylic acids is 6. The van der Waals surface area contributed by atoms with Gasteiger partial charge >= 0.3 is 0 Å². The van der Waals surface area contributed by atoms with E-state index in [9.17, 15) is 28.8 Å². The molecular formula is C81H111N9O6. The van der Waals surface area contributed by atoms with Crippen molar-refractivity contribution in [2.45, 2.75) is 119 Å². The van der Waals surface area contributed by atoms with Gasteiger partial charge in [0.15, 0.2) is 0 Å². The number of hydrogen-bond donors (Lipinski definition) is 6. The molecule has 0 atom stereocenters. The van der Waals surface area contributed by atoms with E-state index in [1.54, 1.807) is 18.2 Å². The van der Waals surface area contributed by atoms with Crippen molar-refractivity contribution in [1.29, 1.82) is 0 Å². The molecule has 0 radical (unpaired) electrons. The predicted octanol–water partition coefficient (Wildman–Crippen LogP) is 17.4. The number of para-hydroxylation sites is 2. The molecule has 96 heavy (non-hydrogen) atoms. The fraction of sp³-hybridized carbons (Fsp3) is 0.333. The molecule has 0 aromatic heterocycles. The highest BCUT2D eigenvalue weighted by Gasteiger charge is 2.10. The second kappa shape index (κ2) is 47.4.